The van der Waals surface area contributed by atoms with Crippen LogP contribution in [0.2, 0.25) is 0 Å². The van der Waals surface area contributed by atoms with Crippen molar-refractivity contribution in [3.63, 3.8) is 0 Å². The van der Waals surface area contributed by atoms with Gasteiger partial charge in [-0.3, -0.25) is 9.59 Å². The molecule has 0 aliphatic carbocycles. The first-order valence-electron chi connectivity index (χ1n) is 5.02. The van der Waals surface area contributed by atoms with Crippen molar-refractivity contribution in [3.8, 4) is 0 Å². The monoisotopic (exact) mass is 289 g/mol. The van der Waals surface area contributed by atoms with Crippen molar-refractivity contribution < 1.29 is 56.9 Å². The SMILES string of the molecule is CCC(C)(C)C(=O)OCCNC(=O)S(=O)(=O)[O-].[Na+]. The van der Waals surface area contributed by atoms with Gasteiger partial charge in [0, 0.05) is 0 Å². The first-order valence-corrected chi connectivity index (χ1v) is 6.43. The van der Waals surface area contributed by atoms with E-state index in [9.17, 15) is 22.6 Å². The molecule has 0 spiro atoms. The molecule has 0 heterocycles. The molecule has 100 valence electrons. The molecule has 7 nitrogen and oxygen atoms in total. The molecule has 0 rings (SSSR count). The van der Waals surface area contributed by atoms with E-state index in [1.807, 2.05) is 12.2 Å². The summed E-state index contributed by atoms with van der Waals surface area (Å²) in [6, 6.07) is 0. The number of hydrogen-bond donors (Lipinski definition) is 1. The van der Waals surface area contributed by atoms with Gasteiger partial charge in [-0.1, -0.05) is 6.92 Å². The zero-order valence-corrected chi connectivity index (χ0v) is 13.8. The standard InChI is InChI=1S/C9H17NO6S.Na/c1-4-9(2,3)7(11)16-6-5-10-8(12)17(13,14)15;/h4-6H2,1-3H3,(H,10,12)(H,13,14,15);/q;+1/p-1. The second-order valence-corrected chi connectivity index (χ2v) is 5.32. The molecular weight excluding hydrogens is 273 g/mol. The fraction of sp³-hybridized carbons (Fsp3) is 0.778. The van der Waals surface area contributed by atoms with Crippen LogP contribution in [0.4, 0.5) is 4.79 Å². The molecule has 0 fully saturated rings. The average Bonchev–Trinajstić information content (AvgIpc) is 2.22. The molecule has 1 N–H and O–H groups in total. The molecule has 9 heteroatoms. The van der Waals surface area contributed by atoms with Gasteiger partial charge >= 0.3 is 40.8 Å². The molecule has 18 heavy (non-hydrogen) atoms. The van der Waals surface area contributed by atoms with E-state index in [-0.39, 0.29) is 42.7 Å². The van der Waals surface area contributed by atoms with E-state index in [1.54, 1.807) is 13.8 Å². The summed E-state index contributed by atoms with van der Waals surface area (Å²) in [7, 11) is -4.98. The summed E-state index contributed by atoms with van der Waals surface area (Å²) in [6.45, 7) is 4.84. The van der Waals surface area contributed by atoms with Crippen molar-refractivity contribution in [2.45, 2.75) is 27.2 Å². The predicted octanol–water partition coefficient (Wildman–Crippen LogP) is -2.78. The Bertz CT molecular complexity index is 392. The zero-order valence-electron chi connectivity index (χ0n) is 11.0. The second-order valence-electron chi connectivity index (χ2n) is 4.04. The van der Waals surface area contributed by atoms with Gasteiger partial charge in [0.25, 0.3) is 0 Å². The Balaban J connectivity index is 0. The first kappa shape index (κ1) is 20.2. The Kier molecular flexibility index (Phi) is 9.09. The van der Waals surface area contributed by atoms with E-state index in [2.05, 4.69) is 0 Å². The maximum Gasteiger partial charge on any atom is 1.00 e. The Morgan fingerprint density at radius 3 is 2.22 bits per heavy atom. The van der Waals surface area contributed by atoms with Crippen molar-refractivity contribution in [2.75, 3.05) is 13.2 Å². The molecule has 0 atom stereocenters. The maximum absolute atomic E-state index is 11.4. The van der Waals surface area contributed by atoms with Gasteiger partial charge in [-0.25, -0.2) is 8.42 Å². The number of rotatable bonds is 5. The molecule has 0 saturated carbocycles. The van der Waals surface area contributed by atoms with Crippen LogP contribution < -0.4 is 34.9 Å². The van der Waals surface area contributed by atoms with E-state index in [0.717, 1.165) is 0 Å². The van der Waals surface area contributed by atoms with Gasteiger partial charge in [-0.2, -0.15) is 0 Å². The molecule has 0 radical (unpaired) electrons. The van der Waals surface area contributed by atoms with Crippen LogP contribution in [0.5, 0.6) is 0 Å². The number of nitrogens with one attached hydrogen (secondary N) is 1. The number of hydrogen-bond acceptors (Lipinski definition) is 6. The van der Waals surface area contributed by atoms with Crippen molar-refractivity contribution in [2.24, 2.45) is 5.41 Å². The van der Waals surface area contributed by atoms with E-state index in [1.165, 1.54) is 0 Å². The molecule has 0 bridgehead atoms. The Morgan fingerprint density at radius 2 is 1.83 bits per heavy atom. The molecule has 0 aliphatic rings. The quantitative estimate of drug-likeness (QED) is 0.254. The third-order valence-electron chi connectivity index (χ3n) is 2.27. The van der Waals surface area contributed by atoms with Gasteiger partial charge in [-0.05, 0) is 20.3 Å². The van der Waals surface area contributed by atoms with E-state index in [4.69, 9.17) is 4.74 Å². The van der Waals surface area contributed by atoms with Crippen molar-refractivity contribution in [1.82, 2.24) is 5.32 Å². The summed E-state index contributed by atoms with van der Waals surface area (Å²) in [5.74, 6) is -0.445. The van der Waals surface area contributed by atoms with Crippen LogP contribution in [0.15, 0.2) is 0 Å². The number of carbonyl (C=O) groups is 2. The van der Waals surface area contributed by atoms with E-state index >= 15 is 0 Å². The first-order chi connectivity index (χ1) is 7.61. The summed E-state index contributed by atoms with van der Waals surface area (Å²) in [5.41, 5.74) is -0.630. The van der Waals surface area contributed by atoms with E-state index < -0.39 is 26.7 Å². The summed E-state index contributed by atoms with van der Waals surface area (Å²) >= 11 is 0. The van der Waals surface area contributed by atoms with Crippen LogP contribution >= 0.6 is 0 Å². The van der Waals surface area contributed by atoms with Gasteiger partial charge in [0.1, 0.15) is 6.61 Å². The minimum absolute atomic E-state index is 0. The fourth-order valence-corrected chi connectivity index (χ4v) is 1.00. The van der Waals surface area contributed by atoms with Crippen molar-refractivity contribution >= 4 is 21.3 Å². The molecule has 0 aromatic heterocycles. The van der Waals surface area contributed by atoms with Gasteiger partial charge in [0.15, 0.2) is 10.1 Å². The molecule has 0 saturated heterocycles. The van der Waals surface area contributed by atoms with Crippen LogP contribution in [0.3, 0.4) is 0 Å². The number of ether oxygens (including phenoxy) is 1. The Morgan fingerprint density at radius 1 is 1.33 bits per heavy atom. The van der Waals surface area contributed by atoms with Crippen LogP contribution in [0.25, 0.3) is 0 Å². The fourth-order valence-electron chi connectivity index (χ4n) is 0.725. The summed E-state index contributed by atoms with van der Waals surface area (Å²) < 4.78 is 35.4. The third-order valence-corrected chi connectivity index (χ3v) is 2.87. The van der Waals surface area contributed by atoms with Gasteiger partial charge in [-0.15, -0.1) is 0 Å². The molecule has 0 aromatic rings. The molecule has 0 aliphatic heterocycles. The van der Waals surface area contributed by atoms with Crippen LogP contribution in [-0.4, -0.2) is 37.3 Å². The summed E-state index contributed by atoms with van der Waals surface area (Å²) in [6.07, 6.45) is 0.590. The predicted molar refractivity (Wildman–Crippen MR) is 58.1 cm³/mol. The number of esters is 1. The maximum atomic E-state index is 11.4. The number of amides is 1. The minimum Gasteiger partial charge on any atom is -0.740 e. The molecule has 0 aromatic carbocycles. The van der Waals surface area contributed by atoms with Crippen molar-refractivity contribution in [3.05, 3.63) is 0 Å². The Hall–Kier alpha value is -0.150. The van der Waals surface area contributed by atoms with Crippen LogP contribution in [-0.2, 0) is 19.6 Å². The molecule has 0 unspecified atom stereocenters. The Labute approximate surface area is 129 Å². The van der Waals surface area contributed by atoms with E-state index in [0.29, 0.717) is 6.42 Å². The molecule has 1 amide bonds. The van der Waals surface area contributed by atoms with Gasteiger partial charge < -0.3 is 14.6 Å². The minimum atomic E-state index is -4.98. The largest absolute Gasteiger partial charge is 1.00 e. The van der Waals surface area contributed by atoms with Gasteiger partial charge in [0.2, 0.25) is 0 Å². The number of carbonyl (C=O) groups excluding carboxylic acids is 2. The zero-order chi connectivity index (χ0) is 13.7. The second kappa shape index (κ2) is 8.11. The van der Waals surface area contributed by atoms with Crippen LogP contribution in [0.1, 0.15) is 27.2 Å². The van der Waals surface area contributed by atoms with Gasteiger partial charge in [0.05, 0.1) is 12.0 Å². The van der Waals surface area contributed by atoms with Crippen molar-refractivity contribution in [1.29, 1.82) is 0 Å². The third kappa shape index (κ3) is 7.32. The molecular formula is C9H16NNaO6S. The smallest absolute Gasteiger partial charge is 0.740 e. The normalized spacial score (nSPS) is 11.3. The topological polar surface area (TPSA) is 113 Å². The summed E-state index contributed by atoms with van der Waals surface area (Å²) in [5, 5.41) is 0.209. The summed E-state index contributed by atoms with van der Waals surface area (Å²) in [4.78, 5) is 22.0. The van der Waals surface area contributed by atoms with Crippen LogP contribution in [0, 0.1) is 5.41 Å². The average molecular weight is 289 g/mol.